The van der Waals surface area contributed by atoms with Crippen molar-refractivity contribution in [1.82, 2.24) is 0 Å². The second kappa shape index (κ2) is 9.46. The summed E-state index contributed by atoms with van der Waals surface area (Å²) in [6.45, 7) is 8.03. The lowest BCUT2D eigenvalue weighted by Gasteiger charge is -2.32. The first-order chi connectivity index (χ1) is 12.4. The molecule has 0 amide bonds. The third kappa shape index (κ3) is 7.16. The summed E-state index contributed by atoms with van der Waals surface area (Å²) in [6.07, 6.45) is 15.6. The number of hydrogen-bond acceptors (Lipinski definition) is 2. The predicted molar refractivity (Wildman–Crippen MR) is 103 cm³/mol. The van der Waals surface area contributed by atoms with Gasteiger partial charge in [-0.2, -0.15) is 0 Å². The van der Waals surface area contributed by atoms with Gasteiger partial charge in [0.2, 0.25) is 0 Å². The summed E-state index contributed by atoms with van der Waals surface area (Å²) >= 11 is 0. The van der Waals surface area contributed by atoms with Crippen LogP contribution in [-0.2, 0) is 9.53 Å². The molecular formula is C22H32O2. The Morgan fingerprint density at radius 1 is 1.29 bits per heavy atom. The van der Waals surface area contributed by atoms with Crippen LogP contribution in [0.2, 0.25) is 0 Å². The van der Waals surface area contributed by atoms with E-state index < -0.39 is 12.8 Å². The molecule has 0 aromatic carbocycles. The molecule has 0 saturated carbocycles. The monoisotopic (exact) mass is 331 g/mol. The number of ether oxygens (including phenoxy) is 1. The molecule has 132 valence electrons. The molecule has 1 aliphatic rings. The summed E-state index contributed by atoms with van der Waals surface area (Å²) in [5.74, 6) is -1.17. The van der Waals surface area contributed by atoms with E-state index in [1.807, 2.05) is 25.2 Å². The van der Waals surface area contributed by atoms with Crippen LogP contribution in [0.1, 0.15) is 64.8 Å². The average Bonchev–Trinajstić information content (AvgIpc) is 2.52. The van der Waals surface area contributed by atoms with E-state index >= 15 is 0 Å². The molecule has 0 radical (unpaired) electrons. The molecule has 0 atom stereocenters. The lowest BCUT2D eigenvalue weighted by molar-refractivity contribution is -0.139. The first-order valence-corrected chi connectivity index (χ1v) is 8.51. The van der Waals surface area contributed by atoms with Gasteiger partial charge in [-0.3, -0.25) is 4.79 Å². The molecule has 1 rings (SSSR count). The second-order valence-electron chi connectivity index (χ2n) is 7.08. The van der Waals surface area contributed by atoms with Crippen molar-refractivity contribution < 1.29 is 13.6 Å². The van der Waals surface area contributed by atoms with Crippen LogP contribution in [-0.4, -0.2) is 12.6 Å². The molecule has 2 nitrogen and oxygen atoms in total. The minimum atomic E-state index is -2.70. The van der Waals surface area contributed by atoms with Gasteiger partial charge in [0.15, 0.2) is 0 Å². The summed E-state index contributed by atoms with van der Waals surface area (Å²) in [6, 6.07) is 0. The van der Waals surface area contributed by atoms with E-state index in [0.717, 1.165) is 11.1 Å². The molecule has 1 aliphatic carbocycles. The van der Waals surface area contributed by atoms with Gasteiger partial charge in [0, 0.05) is 11.0 Å². The van der Waals surface area contributed by atoms with Crippen molar-refractivity contribution in [3.8, 4) is 0 Å². The zero-order valence-electron chi connectivity index (χ0n) is 18.6. The molecule has 0 fully saturated rings. The van der Waals surface area contributed by atoms with Crippen molar-refractivity contribution >= 4 is 5.97 Å². The Bertz CT molecular complexity index is 687. The largest absolute Gasteiger partial charge is 0.462 e. The quantitative estimate of drug-likeness (QED) is 0.435. The maximum atomic E-state index is 11.2. The molecule has 0 spiro atoms. The number of esters is 1. The Morgan fingerprint density at radius 2 is 2.04 bits per heavy atom. The maximum absolute atomic E-state index is 11.2. The van der Waals surface area contributed by atoms with Crippen LogP contribution >= 0.6 is 0 Å². The summed E-state index contributed by atoms with van der Waals surface area (Å²) in [5.41, 5.74) is 5.21. The first kappa shape index (κ1) is 15.7. The van der Waals surface area contributed by atoms with E-state index in [-0.39, 0.29) is 12.0 Å². The van der Waals surface area contributed by atoms with Crippen molar-refractivity contribution in [2.45, 2.75) is 60.7 Å². The molecule has 0 aromatic rings. The minimum Gasteiger partial charge on any atom is -0.462 e. The van der Waals surface area contributed by atoms with Gasteiger partial charge < -0.3 is 4.74 Å². The highest BCUT2D eigenvalue weighted by molar-refractivity contribution is 5.66. The van der Waals surface area contributed by atoms with Gasteiger partial charge in [0.1, 0.15) is 6.61 Å². The average molecular weight is 332 g/mol. The van der Waals surface area contributed by atoms with Crippen LogP contribution in [0.5, 0.6) is 0 Å². The summed E-state index contributed by atoms with van der Waals surface area (Å²) < 4.78 is 25.5. The van der Waals surface area contributed by atoms with Gasteiger partial charge in [-0.1, -0.05) is 60.9 Å². The van der Waals surface area contributed by atoms with Crippen LogP contribution in [0.15, 0.2) is 58.7 Å². The Labute approximate surface area is 151 Å². The molecule has 0 aromatic heterocycles. The standard InChI is InChI=1S/C22H32O2/c1-17(9-7-10-18(2)14-16-24-20(4)23)12-13-21-19(3)11-8-15-22(21,5)6/h7,9-10,12-14H,8,11,15-16H2,1-6H3/b10-7+,13-12+,17-9+,18-14-/i4D3. The van der Waals surface area contributed by atoms with Gasteiger partial charge in [0.25, 0.3) is 0 Å². The number of hydrogen-bond donors (Lipinski definition) is 0. The van der Waals surface area contributed by atoms with E-state index in [1.165, 1.54) is 30.4 Å². The molecule has 0 aliphatic heterocycles. The number of carbonyl (C=O) groups excluding carboxylic acids is 1. The van der Waals surface area contributed by atoms with Crippen molar-refractivity contribution in [2.24, 2.45) is 5.41 Å². The third-order valence-corrected chi connectivity index (χ3v) is 4.39. The summed E-state index contributed by atoms with van der Waals surface area (Å²) in [7, 11) is 0. The molecule has 2 heteroatoms. The minimum absolute atomic E-state index is 0.0431. The highest BCUT2D eigenvalue weighted by atomic mass is 16.5. The first-order valence-electron chi connectivity index (χ1n) is 10.0. The molecule has 0 heterocycles. The van der Waals surface area contributed by atoms with Crippen LogP contribution < -0.4 is 0 Å². The van der Waals surface area contributed by atoms with E-state index in [2.05, 4.69) is 39.8 Å². The van der Waals surface area contributed by atoms with Crippen molar-refractivity contribution in [2.75, 3.05) is 6.61 Å². The zero-order chi connectivity index (χ0) is 20.7. The fraction of sp³-hybridized carbons (Fsp3) is 0.500. The lowest BCUT2D eigenvalue weighted by atomic mass is 9.72. The molecular weight excluding hydrogens is 296 g/mol. The van der Waals surface area contributed by atoms with E-state index in [0.29, 0.717) is 0 Å². The normalized spacial score (nSPS) is 21.8. The second-order valence-corrected chi connectivity index (χ2v) is 7.08. The van der Waals surface area contributed by atoms with Crippen LogP contribution in [0, 0.1) is 5.41 Å². The molecule has 0 N–H and O–H groups in total. The van der Waals surface area contributed by atoms with E-state index in [9.17, 15) is 4.79 Å². The lowest BCUT2D eigenvalue weighted by Crippen LogP contribution is -2.19. The van der Waals surface area contributed by atoms with E-state index in [1.54, 1.807) is 6.08 Å². The smallest absolute Gasteiger partial charge is 0.302 e. The molecule has 24 heavy (non-hydrogen) atoms. The molecule has 0 saturated heterocycles. The van der Waals surface area contributed by atoms with Gasteiger partial charge in [-0.25, -0.2) is 0 Å². The Kier molecular flexibility index (Phi) is 6.18. The van der Waals surface area contributed by atoms with Crippen molar-refractivity contribution in [3.63, 3.8) is 0 Å². The van der Waals surface area contributed by atoms with Crippen LogP contribution in [0.3, 0.4) is 0 Å². The van der Waals surface area contributed by atoms with Crippen LogP contribution in [0.25, 0.3) is 0 Å². The summed E-state index contributed by atoms with van der Waals surface area (Å²) in [4.78, 5) is 11.2. The topological polar surface area (TPSA) is 26.3 Å². The SMILES string of the molecule is [2H]C([2H])([2H])C(=O)OC\C=C(C)/C=C/C=C(C)/C=C/C1=C(C)CCCC1(C)C. The van der Waals surface area contributed by atoms with Gasteiger partial charge in [0.05, 0.1) is 0 Å². The number of allylic oxidation sites excluding steroid dienone is 9. The number of carbonyl (C=O) groups is 1. The Hall–Kier alpha value is -1.83. The van der Waals surface area contributed by atoms with E-state index in [4.69, 9.17) is 8.85 Å². The third-order valence-electron chi connectivity index (χ3n) is 4.39. The van der Waals surface area contributed by atoms with Crippen LogP contribution in [0.4, 0.5) is 0 Å². The highest BCUT2D eigenvalue weighted by Crippen LogP contribution is 2.40. The number of rotatable bonds is 6. The Morgan fingerprint density at radius 3 is 2.71 bits per heavy atom. The zero-order valence-corrected chi connectivity index (χ0v) is 15.6. The Balaban J connectivity index is 2.62. The molecule has 0 bridgehead atoms. The van der Waals surface area contributed by atoms with Crippen molar-refractivity contribution in [3.05, 3.63) is 58.7 Å². The van der Waals surface area contributed by atoms with Gasteiger partial charge in [-0.05, 0) is 57.1 Å². The fourth-order valence-corrected chi connectivity index (χ4v) is 2.95. The fourth-order valence-electron chi connectivity index (χ4n) is 2.95. The summed E-state index contributed by atoms with van der Waals surface area (Å²) in [5, 5.41) is 0. The highest BCUT2D eigenvalue weighted by Gasteiger charge is 2.26. The maximum Gasteiger partial charge on any atom is 0.302 e. The predicted octanol–water partition coefficient (Wildman–Crippen LogP) is 6.08. The van der Waals surface area contributed by atoms with Gasteiger partial charge in [-0.15, -0.1) is 0 Å². The van der Waals surface area contributed by atoms with Gasteiger partial charge >= 0.3 is 5.97 Å². The van der Waals surface area contributed by atoms with Crippen molar-refractivity contribution in [1.29, 1.82) is 0 Å². The molecule has 0 unspecified atom stereocenters.